The van der Waals surface area contributed by atoms with Crippen LogP contribution in [0.4, 0.5) is 13.2 Å². The number of ether oxygens (including phenoxy) is 2. The number of alkyl halides is 3. The molecule has 1 rings (SSSR count). The van der Waals surface area contributed by atoms with E-state index < -0.39 is 17.7 Å². The highest BCUT2D eigenvalue weighted by Gasteiger charge is 2.31. The second kappa shape index (κ2) is 8.26. The minimum Gasteiger partial charge on any atom is -0.492 e. The summed E-state index contributed by atoms with van der Waals surface area (Å²) in [6, 6.07) is 3.38. The molecule has 7 heteroatoms. The highest BCUT2D eigenvalue weighted by molar-refractivity contribution is 14.1. The first-order chi connectivity index (χ1) is 9.84. The number of esters is 1. The summed E-state index contributed by atoms with van der Waals surface area (Å²) in [5.74, 6) is -0.231. The number of methoxy groups -OCH3 is 1. The average molecular weight is 414 g/mol. The Bertz CT molecular complexity index is 513. The molecule has 0 aromatic heterocycles. The lowest BCUT2D eigenvalue weighted by Crippen LogP contribution is -2.06. The summed E-state index contributed by atoms with van der Waals surface area (Å²) >= 11 is 1.92. The summed E-state index contributed by atoms with van der Waals surface area (Å²) < 4.78 is 48.1. The Labute approximate surface area is 134 Å². The summed E-state index contributed by atoms with van der Waals surface area (Å²) in [7, 11) is 1.28. The molecule has 0 unspecified atom stereocenters. The van der Waals surface area contributed by atoms with E-state index in [-0.39, 0.29) is 12.4 Å². The highest BCUT2D eigenvalue weighted by Crippen LogP contribution is 2.33. The molecule has 0 fully saturated rings. The van der Waals surface area contributed by atoms with Gasteiger partial charge in [-0.25, -0.2) is 4.79 Å². The molecule has 0 aliphatic heterocycles. The van der Waals surface area contributed by atoms with Gasteiger partial charge in [-0.05, 0) is 53.6 Å². The number of benzene rings is 1. The van der Waals surface area contributed by atoms with E-state index in [1.54, 1.807) is 6.08 Å². The number of hydrogen-bond acceptors (Lipinski definition) is 3. The average Bonchev–Trinajstić information content (AvgIpc) is 2.42. The predicted octanol–water partition coefficient (Wildman–Crippen LogP) is 4.20. The molecule has 0 N–H and O–H groups in total. The molecule has 0 saturated heterocycles. The number of hydrogen-bond donors (Lipinski definition) is 0. The predicted molar refractivity (Wildman–Crippen MR) is 80.0 cm³/mol. The number of rotatable bonds is 6. The fourth-order valence-electron chi connectivity index (χ4n) is 1.42. The molecule has 0 spiro atoms. The summed E-state index contributed by atoms with van der Waals surface area (Å²) in [6.45, 7) is 0.267. The van der Waals surface area contributed by atoms with Gasteiger partial charge in [0.1, 0.15) is 5.75 Å². The van der Waals surface area contributed by atoms with Crippen molar-refractivity contribution in [2.45, 2.75) is 19.0 Å². The van der Waals surface area contributed by atoms with E-state index in [0.29, 0.717) is 16.4 Å². The molecule has 1 aromatic rings. The first-order valence-corrected chi connectivity index (χ1v) is 7.16. The van der Waals surface area contributed by atoms with Gasteiger partial charge in [-0.15, -0.1) is 0 Å². The molecular weight excluding hydrogens is 400 g/mol. The maximum absolute atomic E-state index is 12.6. The van der Waals surface area contributed by atoms with Gasteiger partial charge in [-0.3, -0.25) is 0 Å². The second-order valence-corrected chi connectivity index (χ2v) is 5.22. The van der Waals surface area contributed by atoms with Crippen LogP contribution in [0, 0.1) is 3.57 Å². The van der Waals surface area contributed by atoms with Gasteiger partial charge in [-0.1, -0.05) is 6.08 Å². The topological polar surface area (TPSA) is 35.5 Å². The van der Waals surface area contributed by atoms with Crippen LogP contribution in [0.3, 0.4) is 0 Å². The molecule has 116 valence electrons. The van der Waals surface area contributed by atoms with Crippen LogP contribution >= 0.6 is 22.6 Å². The molecule has 1 aromatic carbocycles. The fourth-order valence-corrected chi connectivity index (χ4v) is 1.91. The molecule has 0 aliphatic rings. The van der Waals surface area contributed by atoms with E-state index in [2.05, 4.69) is 4.74 Å². The van der Waals surface area contributed by atoms with E-state index >= 15 is 0 Å². The van der Waals surface area contributed by atoms with Crippen LogP contribution in [0.2, 0.25) is 0 Å². The quantitative estimate of drug-likeness (QED) is 0.303. The first kappa shape index (κ1) is 17.8. The van der Waals surface area contributed by atoms with Crippen LogP contribution in [-0.2, 0) is 15.7 Å². The van der Waals surface area contributed by atoms with E-state index in [0.717, 1.165) is 12.1 Å². The molecule has 3 nitrogen and oxygen atoms in total. The summed E-state index contributed by atoms with van der Waals surface area (Å²) in [5, 5.41) is 0. The molecule has 0 saturated carbocycles. The Morgan fingerprint density at radius 3 is 2.71 bits per heavy atom. The van der Waals surface area contributed by atoms with Crippen molar-refractivity contribution < 1.29 is 27.4 Å². The fraction of sp³-hybridized carbons (Fsp3) is 0.357. The van der Waals surface area contributed by atoms with Crippen molar-refractivity contribution in [3.8, 4) is 5.75 Å². The van der Waals surface area contributed by atoms with Gasteiger partial charge in [0.15, 0.2) is 0 Å². The zero-order valence-corrected chi connectivity index (χ0v) is 13.4. The van der Waals surface area contributed by atoms with Crippen LogP contribution in [0.15, 0.2) is 30.4 Å². The lowest BCUT2D eigenvalue weighted by atomic mass is 10.2. The Balaban J connectivity index is 2.49. The highest BCUT2D eigenvalue weighted by atomic mass is 127. The van der Waals surface area contributed by atoms with Crippen LogP contribution in [0.25, 0.3) is 0 Å². The van der Waals surface area contributed by atoms with Gasteiger partial charge in [-0.2, -0.15) is 13.2 Å². The van der Waals surface area contributed by atoms with Gasteiger partial charge in [0, 0.05) is 6.08 Å². The van der Waals surface area contributed by atoms with E-state index in [1.807, 2.05) is 22.6 Å². The van der Waals surface area contributed by atoms with Gasteiger partial charge >= 0.3 is 12.1 Å². The molecular formula is C14H14F3IO3. The Morgan fingerprint density at radius 1 is 1.38 bits per heavy atom. The minimum atomic E-state index is -4.38. The molecule has 21 heavy (non-hydrogen) atoms. The van der Waals surface area contributed by atoms with Crippen molar-refractivity contribution in [3.05, 3.63) is 39.5 Å². The van der Waals surface area contributed by atoms with Crippen LogP contribution in [0.5, 0.6) is 5.75 Å². The Morgan fingerprint density at radius 2 is 2.10 bits per heavy atom. The Hall–Kier alpha value is -1.25. The van der Waals surface area contributed by atoms with Gasteiger partial charge in [0.05, 0.1) is 22.9 Å². The monoisotopic (exact) mass is 414 g/mol. The van der Waals surface area contributed by atoms with Gasteiger partial charge in [0.25, 0.3) is 0 Å². The number of allylic oxidation sites excluding steroid dienone is 1. The third-order valence-electron chi connectivity index (χ3n) is 2.49. The number of unbranched alkanes of at least 4 members (excludes halogenated alkanes) is 1. The number of carbonyl (C=O) groups is 1. The number of halogens is 4. The molecule has 0 aliphatic carbocycles. The summed E-state index contributed by atoms with van der Waals surface area (Å²) in [6.07, 6.45) is -0.295. The second-order valence-electron chi connectivity index (χ2n) is 4.06. The smallest absolute Gasteiger partial charge is 0.416 e. The van der Waals surface area contributed by atoms with E-state index in [9.17, 15) is 18.0 Å². The minimum absolute atomic E-state index is 0.211. The van der Waals surface area contributed by atoms with E-state index in [1.165, 1.54) is 19.3 Å². The zero-order valence-electron chi connectivity index (χ0n) is 11.2. The molecule has 0 amide bonds. The molecule has 0 radical (unpaired) electrons. The number of carbonyl (C=O) groups excluding carboxylic acids is 1. The Kier molecular flexibility index (Phi) is 7.00. The lowest BCUT2D eigenvalue weighted by molar-refractivity contribution is -0.137. The standard InChI is InChI=1S/C14H14F3IO3/c1-20-13(19)5-3-2-4-8-21-12-9-10(14(15,16)17)6-7-11(12)18/h3,5-7,9H,2,4,8H2,1H3. The zero-order chi connectivity index (χ0) is 15.9. The first-order valence-electron chi connectivity index (χ1n) is 6.08. The van der Waals surface area contributed by atoms with Crippen molar-refractivity contribution >= 4 is 28.6 Å². The summed E-state index contributed by atoms with van der Waals surface area (Å²) in [4.78, 5) is 10.8. The van der Waals surface area contributed by atoms with Crippen LogP contribution in [-0.4, -0.2) is 19.7 Å². The largest absolute Gasteiger partial charge is 0.492 e. The van der Waals surface area contributed by atoms with Crippen LogP contribution < -0.4 is 4.74 Å². The van der Waals surface area contributed by atoms with Crippen molar-refractivity contribution in [1.29, 1.82) is 0 Å². The van der Waals surface area contributed by atoms with Crippen molar-refractivity contribution in [2.24, 2.45) is 0 Å². The SMILES string of the molecule is COC(=O)C=CCCCOc1cc(C(F)(F)F)ccc1I. The lowest BCUT2D eigenvalue weighted by Gasteiger charge is -2.11. The maximum atomic E-state index is 12.6. The van der Waals surface area contributed by atoms with E-state index in [4.69, 9.17) is 4.74 Å². The normalized spacial score (nSPS) is 11.7. The third-order valence-corrected chi connectivity index (χ3v) is 3.38. The van der Waals surface area contributed by atoms with Crippen molar-refractivity contribution in [1.82, 2.24) is 0 Å². The maximum Gasteiger partial charge on any atom is 0.416 e. The summed E-state index contributed by atoms with van der Waals surface area (Å²) in [5.41, 5.74) is -0.733. The third kappa shape index (κ3) is 6.36. The van der Waals surface area contributed by atoms with Crippen LogP contribution in [0.1, 0.15) is 18.4 Å². The molecule has 0 atom stereocenters. The van der Waals surface area contributed by atoms with Crippen molar-refractivity contribution in [2.75, 3.05) is 13.7 Å². The molecule has 0 bridgehead atoms. The molecule has 0 heterocycles. The van der Waals surface area contributed by atoms with Gasteiger partial charge in [0.2, 0.25) is 0 Å². The van der Waals surface area contributed by atoms with Crippen molar-refractivity contribution in [3.63, 3.8) is 0 Å². The van der Waals surface area contributed by atoms with Gasteiger partial charge < -0.3 is 9.47 Å².